The van der Waals surface area contributed by atoms with E-state index in [-0.39, 0.29) is 0 Å². The van der Waals surface area contributed by atoms with E-state index >= 15 is 0 Å². The van der Waals surface area contributed by atoms with Crippen LogP contribution >= 0.6 is 11.6 Å². The molecule has 0 aliphatic rings. The van der Waals surface area contributed by atoms with Gasteiger partial charge in [0.1, 0.15) is 23.4 Å². The van der Waals surface area contributed by atoms with E-state index < -0.39 is 6.10 Å². The Balaban J connectivity index is 2.11. The van der Waals surface area contributed by atoms with Crippen LogP contribution < -0.4 is 4.74 Å². The van der Waals surface area contributed by atoms with E-state index in [1.54, 1.807) is 43.0 Å². The molecule has 1 heterocycles. The van der Waals surface area contributed by atoms with Crippen molar-refractivity contribution in [1.82, 2.24) is 14.8 Å². The zero-order chi connectivity index (χ0) is 16.4. The molecular weight excluding hydrogens is 314 g/mol. The molecule has 0 bridgehead atoms. The third-order valence-electron chi connectivity index (χ3n) is 3.46. The summed E-state index contributed by atoms with van der Waals surface area (Å²) >= 11 is 6.01. The van der Waals surface area contributed by atoms with Crippen molar-refractivity contribution in [3.63, 3.8) is 0 Å². The van der Waals surface area contributed by atoms with E-state index in [4.69, 9.17) is 16.3 Å². The Morgan fingerprint density at radius 1 is 1.17 bits per heavy atom. The summed E-state index contributed by atoms with van der Waals surface area (Å²) < 4.78 is 6.97. The summed E-state index contributed by atoms with van der Waals surface area (Å²) in [7, 11) is 1.59. The Bertz CT molecular complexity index is 832. The van der Waals surface area contributed by atoms with Gasteiger partial charge >= 0.3 is 0 Å². The highest BCUT2D eigenvalue weighted by atomic mass is 35.5. The number of ether oxygens (including phenoxy) is 1. The van der Waals surface area contributed by atoms with Gasteiger partial charge in [0.15, 0.2) is 5.82 Å². The summed E-state index contributed by atoms with van der Waals surface area (Å²) in [5, 5.41) is 15.7. The highest BCUT2D eigenvalue weighted by Gasteiger charge is 2.21. The van der Waals surface area contributed by atoms with Crippen molar-refractivity contribution in [2.24, 2.45) is 0 Å². The molecular formula is C17H16ClN3O2. The molecule has 0 saturated carbocycles. The van der Waals surface area contributed by atoms with Crippen LogP contribution in [0.3, 0.4) is 0 Å². The van der Waals surface area contributed by atoms with Gasteiger partial charge in [-0.15, -0.1) is 0 Å². The van der Waals surface area contributed by atoms with Crippen molar-refractivity contribution in [2.75, 3.05) is 7.11 Å². The fraction of sp³-hybridized carbons (Fsp3) is 0.176. The fourth-order valence-corrected chi connectivity index (χ4v) is 2.61. The van der Waals surface area contributed by atoms with Crippen molar-refractivity contribution in [3.05, 3.63) is 70.8 Å². The lowest BCUT2D eigenvalue weighted by atomic mass is 10.1. The highest BCUT2D eigenvalue weighted by Crippen LogP contribution is 2.28. The van der Waals surface area contributed by atoms with Crippen LogP contribution in [-0.2, 0) is 0 Å². The maximum absolute atomic E-state index is 10.7. The molecule has 0 saturated heterocycles. The number of hydrogen-bond donors (Lipinski definition) is 1. The lowest BCUT2D eigenvalue weighted by Gasteiger charge is -2.14. The first-order valence-corrected chi connectivity index (χ1v) is 7.48. The number of rotatable bonds is 4. The molecule has 0 amide bonds. The van der Waals surface area contributed by atoms with Gasteiger partial charge in [-0.05, 0) is 36.8 Å². The van der Waals surface area contributed by atoms with Gasteiger partial charge in [-0.1, -0.05) is 35.9 Å². The topological polar surface area (TPSA) is 60.2 Å². The second-order valence-corrected chi connectivity index (χ2v) is 5.49. The predicted octanol–water partition coefficient (Wildman–Crippen LogP) is 3.32. The van der Waals surface area contributed by atoms with Crippen molar-refractivity contribution in [3.8, 4) is 11.4 Å². The van der Waals surface area contributed by atoms with Gasteiger partial charge < -0.3 is 9.84 Å². The third-order valence-corrected chi connectivity index (χ3v) is 3.70. The monoisotopic (exact) mass is 329 g/mol. The van der Waals surface area contributed by atoms with E-state index in [0.29, 0.717) is 33.7 Å². The van der Waals surface area contributed by atoms with E-state index in [1.165, 1.54) is 0 Å². The van der Waals surface area contributed by atoms with Gasteiger partial charge in [0, 0.05) is 5.02 Å². The Hall–Kier alpha value is -2.37. The van der Waals surface area contributed by atoms with Gasteiger partial charge in [0.25, 0.3) is 0 Å². The second-order valence-electron chi connectivity index (χ2n) is 5.06. The van der Waals surface area contributed by atoms with Gasteiger partial charge in [-0.3, -0.25) is 0 Å². The predicted molar refractivity (Wildman–Crippen MR) is 88.2 cm³/mol. The summed E-state index contributed by atoms with van der Waals surface area (Å²) in [5.41, 5.74) is 1.37. The summed E-state index contributed by atoms with van der Waals surface area (Å²) in [6.45, 7) is 1.78. The summed E-state index contributed by atoms with van der Waals surface area (Å²) in [6, 6.07) is 14.5. The first kappa shape index (κ1) is 15.5. The number of nitrogens with zero attached hydrogens (tertiary/aromatic N) is 3. The minimum absolute atomic E-state index is 0.411. The van der Waals surface area contributed by atoms with Crippen LogP contribution in [0.2, 0.25) is 5.02 Å². The molecule has 1 N–H and O–H groups in total. The summed E-state index contributed by atoms with van der Waals surface area (Å²) in [5.74, 6) is 1.62. The van der Waals surface area contributed by atoms with E-state index in [1.807, 2.05) is 24.3 Å². The smallest absolute Gasteiger partial charge is 0.165 e. The number of aromatic nitrogens is 3. The first-order chi connectivity index (χ1) is 11.1. The third kappa shape index (κ3) is 3.06. The molecule has 0 radical (unpaired) electrons. The highest BCUT2D eigenvalue weighted by molar-refractivity contribution is 6.30. The minimum atomic E-state index is -0.945. The van der Waals surface area contributed by atoms with E-state index in [2.05, 4.69) is 10.1 Å². The summed E-state index contributed by atoms with van der Waals surface area (Å²) in [6.07, 6.45) is -0.945. The largest absolute Gasteiger partial charge is 0.494 e. The number of para-hydroxylation sites is 2. The Morgan fingerprint density at radius 2 is 1.96 bits per heavy atom. The molecule has 1 aromatic heterocycles. The molecule has 5 nitrogen and oxygen atoms in total. The summed E-state index contributed by atoms with van der Waals surface area (Å²) in [4.78, 5) is 4.37. The molecule has 3 rings (SSSR count). The molecule has 0 fully saturated rings. The van der Waals surface area contributed by atoms with Gasteiger partial charge in [0.2, 0.25) is 0 Å². The molecule has 0 aliphatic carbocycles. The molecule has 2 aromatic carbocycles. The fourth-order valence-electron chi connectivity index (χ4n) is 2.42. The number of halogens is 1. The number of benzene rings is 2. The van der Waals surface area contributed by atoms with Crippen LogP contribution in [0.25, 0.3) is 5.69 Å². The molecule has 1 atom stereocenters. The standard InChI is InChI=1S/C17H16ClN3O2/c1-11-19-17(16(22)12-6-5-7-13(18)10-12)21(20-11)14-8-3-4-9-15(14)23-2/h3-10,16,22H,1-2H3/t16-/m1/s1. The van der Waals surface area contributed by atoms with Gasteiger partial charge in [0.05, 0.1) is 7.11 Å². The van der Waals surface area contributed by atoms with Crippen LogP contribution in [0.15, 0.2) is 48.5 Å². The average Bonchev–Trinajstić information content (AvgIpc) is 2.95. The number of methoxy groups -OCH3 is 1. The number of aryl methyl sites for hydroxylation is 1. The van der Waals surface area contributed by atoms with Crippen molar-refractivity contribution in [2.45, 2.75) is 13.0 Å². The average molecular weight is 330 g/mol. The molecule has 23 heavy (non-hydrogen) atoms. The van der Waals surface area contributed by atoms with Crippen LogP contribution in [-0.4, -0.2) is 27.0 Å². The van der Waals surface area contributed by atoms with Crippen LogP contribution in [0.5, 0.6) is 5.75 Å². The number of hydrogen-bond acceptors (Lipinski definition) is 4. The molecule has 3 aromatic rings. The molecule has 0 spiro atoms. The molecule has 6 heteroatoms. The SMILES string of the molecule is COc1ccccc1-n1nc(C)nc1[C@H](O)c1cccc(Cl)c1. The van der Waals surface area contributed by atoms with Crippen molar-refractivity contribution >= 4 is 11.6 Å². The lowest BCUT2D eigenvalue weighted by molar-refractivity contribution is 0.206. The normalized spacial score (nSPS) is 12.2. The zero-order valence-corrected chi connectivity index (χ0v) is 13.5. The van der Waals surface area contributed by atoms with E-state index in [0.717, 1.165) is 0 Å². The van der Waals surface area contributed by atoms with Gasteiger partial charge in [-0.25, -0.2) is 9.67 Å². The quantitative estimate of drug-likeness (QED) is 0.797. The van der Waals surface area contributed by atoms with Crippen molar-refractivity contribution < 1.29 is 9.84 Å². The molecule has 118 valence electrons. The Labute approximate surface area is 139 Å². The van der Waals surface area contributed by atoms with E-state index in [9.17, 15) is 5.11 Å². The number of aliphatic hydroxyl groups is 1. The minimum Gasteiger partial charge on any atom is -0.494 e. The van der Waals surface area contributed by atoms with Crippen molar-refractivity contribution in [1.29, 1.82) is 0 Å². The maximum Gasteiger partial charge on any atom is 0.165 e. The maximum atomic E-state index is 10.7. The molecule has 0 aliphatic heterocycles. The first-order valence-electron chi connectivity index (χ1n) is 7.10. The van der Waals surface area contributed by atoms with Crippen LogP contribution in [0.4, 0.5) is 0 Å². The molecule has 0 unspecified atom stereocenters. The lowest BCUT2D eigenvalue weighted by Crippen LogP contribution is -2.10. The number of aliphatic hydroxyl groups excluding tert-OH is 1. The second kappa shape index (κ2) is 6.40. The zero-order valence-electron chi connectivity index (χ0n) is 12.8. The van der Waals surface area contributed by atoms with Crippen LogP contribution in [0, 0.1) is 6.92 Å². The van der Waals surface area contributed by atoms with Crippen LogP contribution in [0.1, 0.15) is 23.3 Å². The Kier molecular flexibility index (Phi) is 4.32. The Morgan fingerprint density at radius 3 is 2.70 bits per heavy atom. The van der Waals surface area contributed by atoms with Gasteiger partial charge in [-0.2, -0.15) is 5.10 Å².